The highest BCUT2D eigenvalue weighted by atomic mass is 79.9. The molecule has 0 aromatic heterocycles. The highest BCUT2D eigenvalue weighted by Crippen LogP contribution is 2.24. The summed E-state index contributed by atoms with van der Waals surface area (Å²) in [6.45, 7) is 1.56. The third kappa shape index (κ3) is 5.04. The fourth-order valence-electron chi connectivity index (χ4n) is 1.16. The lowest BCUT2D eigenvalue weighted by atomic mass is 10.2. The van der Waals surface area contributed by atoms with Crippen LogP contribution in [0.3, 0.4) is 0 Å². The Morgan fingerprint density at radius 2 is 2.17 bits per heavy atom. The van der Waals surface area contributed by atoms with Crippen LogP contribution in [0, 0.1) is 11.3 Å². The van der Waals surface area contributed by atoms with Crippen LogP contribution in [0.25, 0.3) is 0 Å². The molecule has 18 heavy (non-hydrogen) atoms. The maximum atomic E-state index is 10.8. The van der Waals surface area contributed by atoms with Crippen molar-refractivity contribution in [1.29, 1.82) is 5.26 Å². The molecule has 0 amide bonds. The molecule has 1 aromatic rings. The summed E-state index contributed by atoms with van der Waals surface area (Å²) in [4.78, 5) is 0. The van der Waals surface area contributed by atoms with Crippen LogP contribution in [0.15, 0.2) is 22.7 Å². The summed E-state index contributed by atoms with van der Waals surface area (Å²) >= 11 is 3.27. The van der Waals surface area contributed by atoms with E-state index in [0.717, 1.165) is 10.7 Å². The second-order valence-corrected chi connectivity index (χ2v) is 6.23. The minimum atomic E-state index is -3.49. The lowest BCUT2D eigenvalue weighted by Gasteiger charge is -2.15. The summed E-state index contributed by atoms with van der Waals surface area (Å²) in [6, 6.07) is 6.98. The Balaban J connectivity index is 2.73. The summed E-state index contributed by atoms with van der Waals surface area (Å²) in [5.74, 6) is 0.386. The molecule has 0 N–H and O–H groups in total. The first-order chi connectivity index (χ1) is 8.31. The zero-order chi connectivity index (χ0) is 13.8. The first kappa shape index (κ1) is 15.0. The Morgan fingerprint density at radius 1 is 1.50 bits per heavy atom. The third-order valence-corrected chi connectivity index (χ3v) is 2.97. The monoisotopic (exact) mass is 333 g/mol. The maximum Gasteiger partial charge on any atom is 0.264 e. The number of nitrogens with zero attached hydrogens (tertiary/aromatic N) is 1. The van der Waals surface area contributed by atoms with E-state index in [1.807, 2.05) is 6.07 Å². The molecule has 0 spiro atoms. The maximum absolute atomic E-state index is 10.8. The largest absolute Gasteiger partial charge is 0.487 e. The number of rotatable bonds is 5. The second-order valence-electron chi connectivity index (χ2n) is 3.67. The van der Waals surface area contributed by atoms with Gasteiger partial charge in [-0.05, 0) is 25.1 Å². The van der Waals surface area contributed by atoms with Gasteiger partial charge in [-0.3, -0.25) is 4.18 Å². The average Bonchev–Trinajstić information content (AvgIpc) is 2.26. The van der Waals surface area contributed by atoms with E-state index < -0.39 is 16.2 Å². The van der Waals surface area contributed by atoms with Gasteiger partial charge in [-0.2, -0.15) is 13.7 Å². The molecule has 1 unspecified atom stereocenters. The molecule has 0 aliphatic heterocycles. The topological polar surface area (TPSA) is 76.4 Å². The smallest absolute Gasteiger partial charge is 0.264 e. The predicted molar refractivity (Wildman–Crippen MR) is 69.7 cm³/mol. The predicted octanol–water partition coefficient (Wildman–Crippen LogP) is 2.06. The molecule has 98 valence electrons. The third-order valence-electron chi connectivity index (χ3n) is 1.91. The van der Waals surface area contributed by atoms with Crippen LogP contribution in [-0.4, -0.2) is 27.4 Å². The summed E-state index contributed by atoms with van der Waals surface area (Å²) in [5.41, 5.74) is 0.379. The summed E-state index contributed by atoms with van der Waals surface area (Å²) in [6.07, 6.45) is 0.487. The molecule has 1 atom stereocenters. The van der Waals surface area contributed by atoms with Crippen molar-refractivity contribution >= 4 is 26.0 Å². The Labute approximate surface area is 115 Å². The highest BCUT2D eigenvalue weighted by molar-refractivity contribution is 9.10. The van der Waals surface area contributed by atoms with Crippen LogP contribution in [0.2, 0.25) is 0 Å². The zero-order valence-corrected chi connectivity index (χ0v) is 12.3. The number of benzene rings is 1. The van der Waals surface area contributed by atoms with Crippen molar-refractivity contribution in [3.8, 4) is 11.8 Å². The van der Waals surface area contributed by atoms with Gasteiger partial charge in [-0.1, -0.05) is 15.9 Å². The molecule has 1 rings (SSSR count). The minimum Gasteiger partial charge on any atom is -0.487 e. The first-order valence-corrected chi connectivity index (χ1v) is 7.63. The van der Waals surface area contributed by atoms with Crippen LogP contribution < -0.4 is 4.74 Å². The van der Waals surface area contributed by atoms with E-state index in [9.17, 15) is 8.42 Å². The van der Waals surface area contributed by atoms with Crippen molar-refractivity contribution in [1.82, 2.24) is 0 Å². The van der Waals surface area contributed by atoms with Crippen molar-refractivity contribution in [2.24, 2.45) is 0 Å². The standard InChI is InChI=1S/C11H12BrNO4S/c1-8(7-16-18(2,14)15)17-11-5-10(12)4-3-9(11)6-13/h3-5,8H,7H2,1-2H3. The number of hydrogen-bond donors (Lipinski definition) is 0. The van der Waals surface area contributed by atoms with E-state index in [2.05, 4.69) is 20.1 Å². The molecular weight excluding hydrogens is 322 g/mol. The number of hydrogen-bond acceptors (Lipinski definition) is 5. The van der Waals surface area contributed by atoms with Crippen molar-refractivity contribution in [3.05, 3.63) is 28.2 Å². The second kappa shape index (κ2) is 6.18. The van der Waals surface area contributed by atoms with Gasteiger partial charge in [-0.25, -0.2) is 0 Å². The molecule has 0 aliphatic rings. The Kier molecular flexibility index (Phi) is 5.14. The van der Waals surface area contributed by atoms with Crippen molar-refractivity contribution < 1.29 is 17.3 Å². The van der Waals surface area contributed by atoms with Gasteiger partial charge in [0.1, 0.15) is 24.5 Å². The number of ether oxygens (including phenoxy) is 1. The van der Waals surface area contributed by atoms with E-state index >= 15 is 0 Å². The van der Waals surface area contributed by atoms with Gasteiger partial charge in [0.05, 0.1) is 11.8 Å². The van der Waals surface area contributed by atoms with Crippen LogP contribution in [0.5, 0.6) is 5.75 Å². The Morgan fingerprint density at radius 3 is 2.72 bits per heavy atom. The van der Waals surface area contributed by atoms with Gasteiger partial charge in [0.25, 0.3) is 10.1 Å². The molecule has 0 saturated carbocycles. The van der Waals surface area contributed by atoms with E-state index in [1.165, 1.54) is 0 Å². The van der Waals surface area contributed by atoms with Crippen molar-refractivity contribution in [2.45, 2.75) is 13.0 Å². The molecule has 5 nitrogen and oxygen atoms in total. The van der Waals surface area contributed by atoms with Gasteiger partial charge >= 0.3 is 0 Å². The Bertz CT molecular complexity index is 565. The van der Waals surface area contributed by atoms with Crippen LogP contribution >= 0.6 is 15.9 Å². The molecule has 0 aliphatic carbocycles. The van der Waals surface area contributed by atoms with E-state index in [0.29, 0.717) is 11.3 Å². The van der Waals surface area contributed by atoms with Gasteiger partial charge in [-0.15, -0.1) is 0 Å². The number of nitriles is 1. The summed E-state index contributed by atoms with van der Waals surface area (Å²) in [7, 11) is -3.49. The molecule has 1 aromatic carbocycles. The lowest BCUT2D eigenvalue weighted by Crippen LogP contribution is -2.21. The molecule has 0 heterocycles. The fourth-order valence-corrected chi connectivity index (χ4v) is 1.94. The quantitative estimate of drug-likeness (QED) is 0.771. The molecule has 0 fully saturated rings. The molecule has 0 bridgehead atoms. The van der Waals surface area contributed by atoms with E-state index in [1.54, 1.807) is 25.1 Å². The van der Waals surface area contributed by atoms with Gasteiger partial charge in [0.15, 0.2) is 0 Å². The zero-order valence-electron chi connectivity index (χ0n) is 9.88. The SMILES string of the molecule is CC(COS(C)(=O)=O)Oc1cc(Br)ccc1C#N. The van der Waals surface area contributed by atoms with Crippen LogP contribution in [0.1, 0.15) is 12.5 Å². The van der Waals surface area contributed by atoms with Gasteiger partial charge in [0.2, 0.25) is 0 Å². The summed E-state index contributed by atoms with van der Waals surface area (Å²) in [5, 5.41) is 8.91. The minimum absolute atomic E-state index is 0.101. The van der Waals surface area contributed by atoms with Gasteiger partial charge < -0.3 is 4.74 Å². The molecular formula is C11H12BrNO4S. The first-order valence-electron chi connectivity index (χ1n) is 5.02. The Hall–Kier alpha value is -1.10. The molecule has 0 radical (unpaired) electrons. The van der Waals surface area contributed by atoms with E-state index in [-0.39, 0.29) is 6.61 Å². The number of halogens is 1. The summed E-state index contributed by atoms with van der Waals surface area (Å²) < 4.78 is 32.5. The molecule has 7 heteroatoms. The van der Waals surface area contributed by atoms with Crippen molar-refractivity contribution in [2.75, 3.05) is 12.9 Å². The van der Waals surface area contributed by atoms with Crippen LogP contribution in [-0.2, 0) is 14.3 Å². The van der Waals surface area contributed by atoms with Crippen LogP contribution in [0.4, 0.5) is 0 Å². The fraction of sp³-hybridized carbons (Fsp3) is 0.364. The van der Waals surface area contributed by atoms with Gasteiger partial charge in [0, 0.05) is 4.47 Å². The van der Waals surface area contributed by atoms with Crippen molar-refractivity contribution in [3.63, 3.8) is 0 Å². The lowest BCUT2D eigenvalue weighted by molar-refractivity contribution is 0.147. The van der Waals surface area contributed by atoms with E-state index in [4.69, 9.17) is 10.00 Å². The highest BCUT2D eigenvalue weighted by Gasteiger charge is 2.12. The molecule has 0 saturated heterocycles. The normalized spacial score (nSPS) is 12.8. The average molecular weight is 334 g/mol.